The molecular formula is C19H23N3O3. The number of rotatable bonds is 6. The van der Waals surface area contributed by atoms with Gasteiger partial charge in [0.05, 0.1) is 25.4 Å². The lowest BCUT2D eigenvalue weighted by Crippen LogP contribution is -2.20. The number of hydrogen-bond acceptors (Lipinski definition) is 4. The van der Waals surface area contributed by atoms with E-state index in [0.29, 0.717) is 18.3 Å². The number of aromatic nitrogens is 2. The van der Waals surface area contributed by atoms with Gasteiger partial charge in [0.25, 0.3) is 0 Å². The first-order valence-corrected chi connectivity index (χ1v) is 8.52. The fourth-order valence-corrected chi connectivity index (χ4v) is 3.06. The second kappa shape index (κ2) is 7.88. The van der Waals surface area contributed by atoms with E-state index in [1.807, 2.05) is 16.9 Å². The molecule has 0 saturated heterocycles. The number of ether oxygens (including phenoxy) is 1. The van der Waals surface area contributed by atoms with E-state index in [2.05, 4.69) is 10.4 Å². The third-order valence-electron chi connectivity index (χ3n) is 4.44. The minimum Gasteiger partial charge on any atom is -0.504 e. The Labute approximate surface area is 147 Å². The highest BCUT2D eigenvalue weighted by Gasteiger charge is 2.17. The predicted octanol–water partition coefficient (Wildman–Crippen LogP) is 3.04. The topological polar surface area (TPSA) is 76.4 Å². The summed E-state index contributed by atoms with van der Waals surface area (Å²) in [5.74, 6) is 0.243. The van der Waals surface area contributed by atoms with E-state index in [1.165, 1.54) is 38.9 Å². The quantitative estimate of drug-likeness (QED) is 0.792. The van der Waals surface area contributed by atoms with Crippen LogP contribution in [-0.4, -0.2) is 27.9 Å². The van der Waals surface area contributed by atoms with E-state index in [0.717, 1.165) is 11.3 Å². The van der Waals surface area contributed by atoms with Crippen molar-refractivity contribution in [1.29, 1.82) is 0 Å². The Balaban J connectivity index is 1.51. The van der Waals surface area contributed by atoms with Gasteiger partial charge >= 0.3 is 0 Å². The van der Waals surface area contributed by atoms with Crippen LogP contribution in [0.3, 0.4) is 0 Å². The summed E-state index contributed by atoms with van der Waals surface area (Å²) >= 11 is 0. The van der Waals surface area contributed by atoms with Crippen LogP contribution in [0.2, 0.25) is 0 Å². The molecule has 2 aromatic rings. The molecule has 0 bridgehead atoms. The third-order valence-corrected chi connectivity index (χ3v) is 4.44. The van der Waals surface area contributed by atoms with Crippen molar-refractivity contribution in [3.8, 4) is 11.5 Å². The molecule has 1 amide bonds. The lowest BCUT2D eigenvalue weighted by Gasteiger charge is -2.08. The predicted molar refractivity (Wildman–Crippen MR) is 95.3 cm³/mol. The Bertz CT molecular complexity index is 761. The van der Waals surface area contributed by atoms with Gasteiger partial charge < -0.3 is 15.2 Å². The molecule has 1 aromatic carbocycles. The molecule has 1 fully saturated rings. The second-order valence-corrected chi connectivity index (χ2v) is 6.21. The zero-order valence-electron chi connectivity index (χ0n) is 14.3. The maximum Gasteiger partial charge on any atom is 0.244 e. The molecule has 6 heteroatoms. The molecule has 132 valence electrons. The van der Waals surface area contributed by atoms with Crippen LogP contribution in [0.5, 0.6) is 11.5 Å². The lowest BCUT2D eigenvalue weighted by molar-refractivity contribution is -0.116. The smallest absolute Gasteiger partial charge is 0.244 e. The number of benzene rings is 1. The number of methoxy groups -OCH3 is 1. The fourth-order valence-electron chi connectivity index (χ4n) is 3.06. The zero-order valence-corrected chi connectivity index (χ0v) is 14.3. The van der Waals surface area contributed by atoms with E-state index in [-0.39, 0.29) is 11.7 Å². The van der Waals surface area contributed by atoms with Gasteiger partial charge in [-0.25, -0.2) is 0 Å². The van der Waals surface area contributed by atoms with E-state index >= 15 is 0 Å². The van der Waals surface area contributed by atoms with Crippen LogP contribution in [0, 0.1) is 0 Å². The van der Waals surface area contributed by atoms with Gasteiger partial charge in [-0.3, -0.25) is 9.48 Å². The number of aromatic hydroxyl groups is 1. The van der Waals surface area contributed by atoms with Crippen LogP contribution in [0.1, 0.15) is 43.0 Å². The van der Waals surface area contributed by atoms with Crippen molar-refractivity contribution in [1.82, 2.24) is 15.1 Å². The number of carbonyl (C=O) groups excluding carboxylic acids is 1. The Morgan fingerprint density at radius 1 is 1.40 bits per heavy atom. The third kappa shape index (κ3) is 4.41. The molecular weight excluding hydrogens is 318 g/mol. The molecule has 0 aliphatic heterocycles. The van der Waals surface area contributed by atoms with Crippen LogP contribution in [-0.2, 0) is 11.3 Å². The van der Waals surface area contributed by atoms with Crippen LogP contribution in [0.25, 0.3) is 6.08 Å². The molecule has 1 saturated carbocycles. The molecule has 1 heterocycles. The summed E-state index contributed by atoms with van der Waals surface area (Å²) in [6.07, 6.45) is 9.98. The molecule has 6 nitrogen and oxygen atoms in total. The maximum atomic E-state index is 11.9. The minimum absolute atomic E-state index is 0.0440. The average molecular weight is 341 g/mol. The van der Waals surface area contributed by atoms with E-state index < -0.39 is 0 Å². The Morgan fingerprint density at radius 3 is 2.92 bits per heavy atom. The summed E-state index contributed by atoms with van der Waals surface area (Å²) in [5, 5.41) is 17.1. The minimum atomic E-state index is -0.203. The largest absolute Gasteiger partial charge is 0.504 e. The number of hydrogen-bond donors (Lipinski definition) is 2. The van der Waals surface area contributed by atoms with Crippen molar-refractivity contribution in [3.63, 3.8) is 0 Å². The van der Waals surface area contributed by atoms with Gasteiger partial charge in [0.2, 0.25) is 5.91 Å². The first kappa shape index (κ1) is 17.1. The summed E-state index contributed by atoms with van der Waals surface area (Å²) in [6, 6.07) is 7.43. The summed E-state index contributed by atoms with van der Waals surface area (Å²) < 4.78 is 7.01. The van der Waals surface area contributed by atoms with Crippen molar-refractivity contribution in [2.45, 2.75) is 38.3 Å². The monoisotopic (exact) mass is 341 g/mol. The molecule has 0 atom stereocenters. The van der Waals surface area contributed by atoms with Crippen LogP contribution in [0.4, 0.5) is 0 Å². The summed E-state index contributed by atoms with van der Waals surface area (Å²) in [7, 11) is 1.49. The Hall–Kier alpha value is -2.76. The van der Waals surface area contributed by atoms with Crippen LogP contribution in [0.15, 0.2) is 36.5 Å². The fraction of sp³-hybridized carbons (Fsp3) is 0.368. The zero-order chi connectivity index (χ0) is 17.6. The summed E-state index contributed by atoms with van der Waals surface area (Å²) in [5.41, 5.74) is 1.58. The van der Waals surface area contributed by atoms with E-state index in [9.17, 15) is 9.90 Å². The standard InChI is InChI=1S/C19H23N3O3/c1-25-18-8-6-14(12-17(18)23)7-9-19(24)20-13-15-10-11-22(21-15)16-4-2-3-5-16/h6-12,16,23H,2-5,13H2,1H3,(H,20,24). The average Bonchev–Trinajstić information content (AvgIpc) is 3.29. The Kier molecular flexibility index (Phi) is 5.38. The Morgan fingerprint density at radius 2 is 2.20 bits per heavy atom. The van der Waals surface area contributed by atoms with Crippen molar-refractivity contribution in [2.75, 3.05) is 7.11 Å². The van der Waals surface area contributed by atoms with Crippen molar-refractivity contribution in [2.24, 2.45) is 0 Å². The van der Waals surface area contributed by atoms with Crippen molar-refractivity contribution in [3.05, 3.63) is 47.8 Å². The first-order valence-electron chi connectivity index (χ1n) is 8.52. The lowest BCUT2D eigenvalue weighted by atomic mass is 10.2. The maximum absolute atomic E-state index is 11.9. The van der Waals surface area contributed by atoms with E-state index in [1.54, 1.807) is 24.3 Å². The van der Waals surface area contributed by atoms with Gasteiger partial charge in [0, 0.05) is 12.3 Å². The molecule has 0 spiro atoms. The molecule has 25 heavy (non-hydrogen) atoms. The number of phenolic OH excluding ortho intramolecular Hbond substituents is 1. The highest BCUT2D eigenvalue weighted by Crippen LogP contribution is 2.28. The number of carbonyl (C=O) groups is 1. The highest BCUT2D eigenvalue weighted by atomic mass is 16.5. The normalized spacial score (nSPS) is 14.9. The number of nitrogens with one attached hydrogen (secondary N) is 1. The number of amides is 1. The molecule has 1 aliphatic carbocycles. The van der Waals surface area contributed by atoms with Gasteiger partial charge in [-0.05, 0) is 42.7 Å². The molecule has 2 N–H and O–H groups in total. The summed E-state index contributed by atoms with van der Waals surface area (Å²) in [4.78, 5) is 11.9. The van der Waals surface area contributed by atoms with Gasteiger partial charge in [-0.1, -0.05) is 18.9 Å². The molecule has 3 rings (SSSR count). The SMILES string of the molecule is COc1ccc(C=CC(=O)NCc2ccn(C3CCCC3)n2)cc1O. The first-order chi connectivity index (χ1) is 12.2. The highest BCUT2D eigenvalue weighted by molar-refractivity contribution is 5.91. The van der Waals surface area contributed by atoms with Gasteiger partial charge in [0.1, 0.15) is 0 Å². The number of nitrogens with zero attached hydrogens (tertiary/aromatic N) is 2. The van der Waals surface area contributed by atoms with Crippen molar-refractivity contribution >= 4 is 12.0 Å². The molecule has 1 aliphatic rings. The van der Waals surface area contributed by atoms with Gasteiger partial charge in [0.15, 0.2) is 11.5 Å². The second-order valence-electron chi connectivity index (χ2n) is 6.21. The van der Waals surface area contributed by atoms with Crippen LogP contribution < -0.4 is 10.1 Å². The van der Waals surface area contributed by atoms with Gasteiger partial charge in [-0.15, -0.1) is 0 Å². The van der Waals surface area contributed by atoms with E-state index in [4.69, 9.17) is 4.74 Å². The number of phenols is 1. The molecule has 0 unspecified atom stereocenters. The summed E-state index contributed by atoms with van der Waals surface area (Å²) in [6.45, 7) is 0.400. The van der Waals surface area contributed by atoms with Crippen LogP contribution >= 0.6 is 0 Å². The molecule has 1 aromatic heterocycles. The van der Waals surface area contributed by atoms with Gasteiger partial charge in [-0.2, -0.15) is 5.10 Å². The molecule has 0 radical (unpaired) electrons. The van der Waals surface area contributed by atoms with Crippen molar-refractivity contribution < 1.29 is 14.6 Å².